The fourth-order valence-electron chi connectivity index (χ4n) is 3.96. The molecule has 26 heavy (non-hydrogen) atoms. The Kier molecular flexibility index (Phi) is 6.59. The van der Waals surface area contributed by atoms with Crippen LogP contribution in [0.2, 0.25) is 0 Å². The van der Waals surface area contributed by atoms with Crippen LogP contribution in [0.4, 0.5) is 8.78 Å². The summed E-state index contributed by atoms with van der Waals surface area (Å²) < 4.78 is 27.1. The van der Waals surface area contributed by atoms with Gasteiger partial charge >= 0.3 is 0 Å². The molecule has 0 N–H and O–H groups in total. The number of piperazine rings is 1. The van der Waals surface area contributed by atoms with Gasteiger partial charge in [-0.1, -0.05) is 18.9 Å². The van der Waals surface area contributed by atoms with Gasteiger partial charge in [0, 0.05) is 56.9 Å². The Morgan fingerprint density at radius 1 is 1.00 bits per heavy atom. The van der Waals surface area contributed by atoms with Gasteiger partial charge in [0.25, 0.3) is 0 Å². The van der Waals surface area contributed by atoms with E-state index in [2.05, 4.69) is 9.80 Å². The summed E-state index contributed by atoms with van der Waals surface area (Å²) in [6.45, 7) is 7.37. The normalized spacial score (nSPS) is 21.4. The maximum Gasteiger partial charge on any atom is 0.236 e. The highest BCUT2D eigenvalue weighted by Crippen LogP contribution is 2.24. The van der Waals surface area contributed by atoms with Gasteiger partial charge in [0.1, 0.15) is 11.6 Å². The maximum atomic E-state index is 14.0. The molecule has 2 aliphatic heterocycles. The summed E-state index contributed by atoms with van der Waals surface area (Å²) in [6, 6.07) is 3.69. The predicted molar refractivity (Wildman–Crippen MR) is 97.8 cm³/mol. The number of likely N-dealkylation sites (tertiary alicyclic amines) is 1. The first-order valence-electron chi connectivity index (χ1n) is 9.74. The lowest BCUT2D eigenvalue weighted by Gasteiger charge is -2.38. The topological polar surface area (TPSA) is 26.8 Å². The molecule has 1 aromatic rings. The number of carbonyl (C=O) groups excluding carboxylic acids is 1. The van der Waals surface area contributed by atoms with E-state index in [0.29, 0.717) is 12.1 Å². The third-order valence-electron chi connectivity index (χ3n) is 5.68. The van der Waals surface area contributed by atoms with Crippen LogP contribution in [0.5, 0.6) is 0 Å². The van der Waals surface area contributed by atoms with Crippen LogP contribution >= 0.6 is 0 Å². The molecule has 2 fully saturated rings. The molecule has 0 aliphatic carbocycles. The Hall–Kier alpha value is -1.53. The van der Waals surface area contributed by atoms with Crippen LogP contribution in [0.1, 0.15) is 44.2 Å². The molecule has 2 heterocycles. The van der Waals surface area contributed by atoms with Gasteiger partial charge in [-0.05, 0) is 25.8 Å². The van der Waals surface area contributed by atoms with E-state index in [4.69, 9.17) is 0 Å². The monoisotopic (exact) mass is 365 g/mol. The van der Waals surface area contributed by atoms with Gasteiger partial charge in [-0.25, -0.2) is 8.78 Å². The van der Waals surface area contributed by atoms with Crippen molar-refractivity contribution < 1.29 is 13.6 Å². The van der Waals surface area contributed by atoms with E-state index in [1.54, 1.807) is 0 Å². The molecule has 0 aromatic heterocycles. The molecule has 0 spiro atoms. The van der Waals surface area contributed by atoms with Crippen molar-refractivity contribution in [2.24, 2.45) is 0 Å². The SMILES string of the molecule is CC(c1ccc(F)cc1F)N1CCN(CC(=O)N2CCCCCC2)CC1. The molecule has 0 bridgehead atoms. The molecule has 4 nitrogen and oxygen atoms in total. The molecule has 1 unspecified atom stereocenters. The lowest BCUT2D eigenvalue weighted by molar-refractivity contribution is -0.132. The van der Waals surface area contributed by atoms with E-state index in [1.807, 2.05) is 11.8 Å². The maximum absolute atomic E-state index is 14.0. The Balaban J connectivity index is 1.49. The van der Waals surface area contributed by atoms with E-state index in [-0.39, 0.29) is 11.9 Å². The third kappa shape index (κ3) is 4.80. The number of rotatable bonds is 4. The van der Waals surface area contributed by atoms with Crippen LogP contribution in [0.3, 0.4) is 0 Å². The van der Waals surface area contributed by atoms with E-state index >= 15 is 0 Å². The van der Waals surface area contributed by atoms with E-state index in [1.165, 1.54) is 25.0 Å². The van der Waals surface area contributed by atoms with Gasteiger partial charge in [-0.2, -0.15) is 0 Å². The quantitative estimate of drug-likeness (QED) is 0.821. The fraction of sp³-hybridized carbons (Fsp3) is 0.650. The minimum absolute atomic E-state index is 0.0981. The second kappa shape index (κ2) is 8.91. The predicted octanol–water partition coefficient (Wildman–Crippen LogP) is 3.05. The fourth-order valence-corrected chi connectivity index (χ4v) is 3.96. The summed E-state index contributed by atoms with van der Waals surface area (Å²) in [5.41, 5.74) is 0.528. The van der Waals surface area contributed by atoms with Crippen molar-refractivity contribution in [3.05, 3.63) is 35.4 Å². The van der Waals surface area contributed by atoms with Gasteiger partial charge in [-0.3, -0.25) is 14.6 Å². The summed E-state index contributed by atoms with van der Waals surface area (Å²) >= 11 is 0. The van der Waals surface area contributed by atoms with Crippen LogP contribution in [-0.4, -0.2) is 66.4 Å². The zero-order chi connectivity index (χ0) is 18.5. The number of halogens is 2. The molecule has 1 atom stereocenters. The Morgan fingerprint density at radius 2 is 1.65 bits per heavy atom. The molecule has 0 radical (unpaired) electrons. The minimum Gasteiger partial charge on any atom is -0.342 e. The second-order valence-electron chi connectivity index (χ2n) is 7.45. The molecular formula is C20H29F2N3O. The number of nitrogens with zero attached hydrogens (tertiary/aromatic N) is 3. The highest BCUT2D eigenvalue weighted by Gasteiger charge is 2.26. The third-order valence-corrected chi connectivity index (χ3v) is 5.68. The molecule has 1 amide bonds. The summed E-state index contributed by atoms with van der Waals surface area (Å²) in [5, 5.41) is 0. The van der Waals surface area contributed by atoms with Crippen molar-refractivity contribution in [1.82, 2.24) is 14.7 Å². The lowest BCUT2D eigenvalue weighted by atomic mass is 10.1. The molecule has 2 aliphatic rings. The number of amides is 1. The van der Waals surface area contributed by atoms with Crippen molar-refractivity contribution in [3.8, 4) is 0 Å². The van der Waals surface area contributed by atoms with E-state index in [9.17, 15) is 13.6 Å². The average Bonchev–Trinajstić information content (AvgIpc) is 2.91. The number of hydrogen-bond acceptors (Lipinski definition) is 3. The van der Waals surface area contributed by atoms with Crippen molar-refractivity contribution in [3.63, 3.8) is 0 Å². The Bertz CT molecular complexity index is 609. The van der Waals surface area contributed by atoms with Crippen LogP contribution in [-0.2, 0) is 4.79 Å². The number of carbonyl (C=O) groups is 1. The van der Waals surface area contributed by atoms with E-state index < -0.39 is 11.6 Å². The van der Waals surface area contributed by atoms with Crippen LogP contribution < -0.4 is 0 Å². The largest absolute Gasteiger partial charge is 0.342 e. The first kappa shape index (κ1) is 19.2. The van der Waals surface area contributed by atoms with Crippen molar-refractivity contribution in [1.29, 1.82) is 0 Å². The molecule has 144 valence electrons. The van der Waals surface area contributed by atoms with Gasteiger partial charge < -0.3 is 4.90 Å². The summed E-state index contributed by atoms with van der Waals surface area (Å²) in [6.07, 6.45) is 4.67. The number of hydrogen-bond donors (Lipinski definition) is 0. The van der Waals surface area contributed by atoms with Crippen LogP contribution in [0.15, 0.2) is 18.2 Å². The molecule has 2 saturated heterocycles. The summed E-state index contributed by atoms with van der Waals surface area (Å²) in [7, 11) is 0. The highest BCUT2D eigenvalue weighted by molar-refractivity contribution is 5.78. The first-order chi connectivity index (χ1) is 12.5. The minimum atomic E-state index is -0.546. The zero-order valence-electron chi connectivity index (χ0n) is 15.6. The van der Waals surface area contributed by atoms with Crippen molar-refractivity contribution in [2.45, 2.75) is 38.6 Å². The number of benzene rings is 1. The lowest BCUT2D eigenvalue weighted by Crippen LogP contribution is -2.50. The van der Waals surface area contributed by atoms with E-state index in [0.717, 1.165) is 58.2 Å². The van der Waals surface area contributed by atoms with Gasteiger partial charge in [0.15, 0.2) is 0 Å². The van der Waals surface area contributed by atoms with Gasteiger partial charge in [0.05, 0.1) is 6.54 Å². The molecular weight excluding hydrogens is 336 g/mol. The van der Waals surface area contributed by atoms with Crippen LogP contribution in [0, 0.1) is 11.6 Å². The Labute approximate surface area is 154 Å². The molecule has 3 rings (SSSR count). The zero-order valence-corrected chi connectivity index (χ0v) is 15.6. The summed E-state index contributed by atoms with van der Waals surface area (Å²) in [5.74, 6) is -0.801. The average molecular weight is 365 g/mol. The highest BCUT2D eigenvalue weighted by atomic mass is 19.1. The second-order valence-corrected chi connectivity index (χ2v) is 7.45. The van der Waals surface area contributed by atoms with Crippen LogP contribution in [0.25, 0.3) is 0 Å². The standard InChI is InChI=1S/C20H29F2N3O/c1-16(18-7-6-17(21)14-19(18)22)24-12-10-23(11-13-24)15-20(26)25-8-4-2-3-5-9-25/h6-7,14,16H,2-5,8-13,15H2,1H3. The van der Waals surface area contributed by atoms with Crippen molar-refractivity contribution >= 4 is 5.91 Å². The summed E-state index contributed by atoms with van der Waals surface area (Å²) in [4.78, 5) is 18.9. The Morgan fingerprint density at radius 3 is 2.27 bits per heavy atom. The molecule has 1 aromatic carbocycles. The molecule has 6 heteroatoms. The van der Waals surface area contributed by atoms with Gasteiger partial charge in [0.2, 0.25) is 5.91 Å². The molecule has 0 saturated carbocycles. The smallest absolute Gasteiger partial charge is 0.236 e. The van der Waals surface area contributed by atoms with Gasteiger partial charge in [-0.15, -0.1) is 0 Å². The van der Waals surface area contributed by atoms with Crippen molar-refractivity contribution in [2.75, 3.05) is 45.8 Å². The first-order valence-corrected chi connectivity index (χ1v) is 9.74.